The summed E-state index contributed by atoms with van der Waals surface area (Å²) in [5, 5.41) is 0.345. The van der Waals surface area contributed by atoms with Crippen LogP contribution in [0.2, 0.25) is 0 Å². The van der Waals surface area contributed by atoms with Crippen molar-refractivity contribution in [3.63, 3.8) is 0 Å². The number of alkyl halides is 2. The molecule has 0 radical (unpaired) electrons. The Hall–Kier alpha value is -0.620. The van der Waals surface area contributed by atoms with E-state index in [2.05, 4.69) is 16.0 Å². The van der Waals surface area contributed by atoms with Gasteiger partial charge >= 0.3 is 0 Å². The van der Waals surface area contributed by atoms with Crippen LogP contribution < -0.4 is 0 Å². The molecule has 3 nitrogen and oxygen atoms in total. The summed E-state index contributed by atoms with van der Waals surface area (Å²) in [7, 11) is 1.58. The summed E-state index contributed by atoms with van der Waals surface area (Å²) in [5.41, 5.74) is 0. The van der Waals surface area contributed by atoms with Crippen LogP contribution in [0.1, 0.15) is 51.4 Å². The maximum absolute atomic E-state index is 12.3. The highest BCUT2D eigenvalue weighted by Gasteiger charge is 2.17. The molecule has 138 valence electrons. The van der Waals surface area contributed by atoms with Gasteiger partial charge in [-0.1, -0.05) is 38.2 Å². The number of hydrogen-bond acceptors (Lipinski definition) is 4. The lowest BCUT2D eigenvalue weighted by Crippen LogP contribution is -2.28. The average molecular weight is 361 g/mol. The van der Waals surface area contributed by atoms with E-state index in [4.69, 9.17) is 4.74 Å². The largest absolute Gasteiger partial charge is 0.467 e. The minimum atomic E-state index is -2.46. The molecule has 2 aliphatic rings. The van der Waals surface area contributed by atoms with Crippen LogP contribution >= 0.6 is 11.8 Å². The first-order valence-electron chi connectivity index (χ1n) is 9.14. The van der Waals surface area contributed by atoms with Crippen molar-refractivity contribution in [1.82, 2.24) is 4.90 Å². The van der Waals surface area contributed by atoms with Crippen LogP contribution in [0.3, 0.4) is 0 Å². The van der Waals surface area contributed by atoms with Crippen LogP contribution in [0.25, 0.3) is 0 Å². The smallest absolute Gasteiger partial charge is 0.272 e. The van der Waals surface area contributed by atoms with Gasteiger partial charge in [0.2, 0.25) is 5.23 Å². The van der Waals surface area contributed by atoms with Gasteiger partial charge in [0.1, 0.15) is 0 Å². The Labute approximate surface area is 148 Å². The van der Waals surface area contributed by atoms with Crippen LogP contribution in [0, 0.1) is 5.92 Å². The number of rotatable bonds is 6. The van der Waals surface area contributed by atoms with Crippen molar-refractivity contribution in [2.24, 2.45) is 10.9 Å². The molecule has 6 heteroatoms. The predicted molar refractivity (Wildman–Crippen MR) is 97.9 cm³/mol. The summed E-state index contributed by atoms with van der Waals surface area (Å²) >= 11 is 1.40. The predicted octanol–water partition coefficient (Wildman–Crippen LogP) is 4.94. The van der Waals surface area contributed by atoms with E-state index in [1.54, 1.807) is 7.05 Å². The molecule has 1 aliphatic heterocycles. The quantitative estimate of drug-likeness (QED) is 0.495. The molecule has 0 aromatic heterocycles. The summed E-state index contributed by atoms with van der Waals surface area (Å²) in [5.74, 6) is 0.922. The zero-order chi connectivity index (χ0) is 17.2. The van der Waals surface area contributed by atoms with Gasteiger partial charge in [-0.3, -0.25) is 0 Å². The molecule has 0 unspecified atom stereocenters. The summed E-state index contributed by atoms with van der Waals surface area (Å²) in [4.78, 5) is 7.70. The van der Waals surface area contributed by atoms with E-state index >= 15 is 0 Å². The lowest BCUT2D eigenvalue weighted by molar-refractivity contribution is 0.0785. The van der Waals surface area contributed by atoms with Crippen LogP contribution in [-0.4, -0.2) is 49.8 Å². The average Bonchev–Trinajstić information content (AvgIpc) is 2.82. The number of nitrogens with zero attached hydrogens (tertiary/aromatic N) is 2. The normalized spacial score (nSPS) is 21.7. The molecule has 0 aromatic carbocycles. The van der Waals surface area contributed by atoms with E-state index < -0.39 is 13.0 Å². The van der Waals surface area contributed by atoms with E-state index in [0.29, 0.717) is 5.23 Å². The van der Waals surface area contributed by atoms with Crippen LogP contribution in [0.4, 0.5) is 8.78 Å². The lowest BCUT2D eigenvalue weighted by Gasteiger charge is -2.26. The number of hydrogen-bond donors (Lipinski definition) is 0. The third kappa shape index (κ3) is 7.51. The van der Waals surface area contributed by atoms with Gasteiger partial charge in [-0.2, -0.15) is 0 Å². The molecular formula is C18H30F2N2OS. The lowest BCUT2D eigenvalue weighted by atomic mass is 9.87. The standard InChI is InChI=1S/C18H30F2N2OS/c1-21-18(23-14-17(19)20)24-16-8-5-11-22(13-10-16)12-9-15-6-3-2-4-7-15/h8,15,17H,2-7,9-14H2,1H3/b21-18-. The summed E-state index contributed by atoms with van der Waals surface area (Å²) in [6, 6.07) is 0. The van der Waals surface area contributed by atoms with E-state index in [-0.39, 0.29) is 0 Å². The fourth-order valence-electron chi connectivity index (χ4n) is 3.43. The highest BCUT2D eigenvalue weighted by molar-refractivity contribution is 8.16. The minimum absolute atomic E-state index is 0.345. The maximum atomic E-state index is 12.3. The fraction of sp³-hybridized carbons (Fsp3) is 0.833. The van der Waals surface area contributed by atoms with Gasteiger partial charge in [-0.15, -0.1) is 0 Å². The third-order valence-corrected chi connectivity index (χ3v) is 5.91. The van der Waals surface area contributed by atoms with Crippen molar-refractivity contribution >= 4 is 17.0 Å². The number of aliphatic imine (C=N–C) groups is 1. The molecule has 0 bridgehead atoms. The molecule has 0 spiro atoms. The Bertz CT molecular complexity index is 423. The van der Waals surface area contributed by atoms with Gasteiger partial charge in [0.25, 0.3) is 6.43 Å². The highest BCUT2D eigenvalue weighted by Crippen LogP contribution is 2.28. The van der Waals surface area contributed by atoms with E-state index in [1.807, 2.05) is 0 Å². The van der Waals surface area contributed by atoms with Crippen molar-refractivity contribution in [2.75, 3.05) is 33.3 Å². The monoisotopic (exact) mass is 360 g/mol. The second-order valence-electron chi connectivity index (χ2n) is 6.64. The molecule has 24 heavy (non-hydrogen) atoms. The zero-order valence-electron chi connectivity index (χ0n) is 14.7. The van der Waals surface area contributed by atoms with Crippen LogP contribution in [0.15, 0.2) is 16.0 Å². The summed E-state index contributed by atoms with van der Waals surface area (Å²) in [6.07, 6.45) is 10.1. The molecule has 0 saturated heterocycles. The van der Waals surface area contributed by atoms with Crippen molar-refractivity contribution in [3.8, 4) is 0 Å². The van der Waals surface area contributed by atoms with E-state index in [9.17, 15) is 8.78 Å². The van der Waals surface area contributed by atoms with Gasteiger partial charge < -0.3 is 9.64 Å². The third-order valence-electron chi connectivity index (χ3n) is 4.80. The van der Waals surface area contributed by atoms with Crippen molar-refractivity contribution in [2.45, 2.75) is 57.8 Å². The molecule has 1 fully saturated rings. The molecular weight excluding hydrogens is 330 g/mol. The van der Waals surface area contributed by atoms with Gasteiger partial charge in [0, 0.05) is 20.1 Å². The Morgan fingerprint density at radius 2 is 2.12 bits per heavy atom. The van der Waals surface area contributed by atoms with Gasteiger partial charge in [-0.05, 0) is 48.4 Å². The Kier molecular flexibility index (Phi) is 9.10. The van der Waals surface area contributed by atoms with Gasteiger partial charge in [-0.25, -0.2) is 13.8 Å². The van der Waals surface area contributed by atoms with Crippen molar-refractivity contribution < 1.29 is 13.5 Å². The van der Waals surface area contributed by atoms with E-state index in [1.165, 1.54) is 61.7 Å². The Morgan fingerprint density at radius 1 is 1.33 bits per heavy atom. The second kappa shape index (κ2) is 11.1. The molecule has 1 aliphatic carbocycles. The molecule has 0 atom stereocenters. The van der Waals surface area contributed by atoms with Crippen LogP contribution in [-0.2, 0) is 4.74 Å². The summed E-state index contributed by atoms with van der Waals surface area (Å²) in [6.45, 7) is 2.73. The first kappa shape index (κ1) is 19.7. The molecule has 0 N–H and O–H groups in total. The molecule has 0 aromatic rings. The molecule has 0 amide bonds. The topological polar surface area (TPSA) is 24.8 Å². The SMILES string of the molecule is C/N=C(/OCC(F)F)SC1=CCCN(CCC2CCCCC2)CC1. The Balaban J connectivity index is 1.69. The number of halogens is 2. The second-order valence-corrected chi connectivity index (χ2v) is 7.71. The first-order valence-corrected chi connectivity index (χ1v) is 9.96. The number of thioether (sulfide) groups is 1. The Morgan fingerprint density at radius 3 is 2.83 bits per heavy atom. The first-order chi connectivity index (χ1) is 11.7. The molecule has 1 heterocycles. The molecule has 1 saturated carbocycles. The van der Waals surface area contributed by atoms with E-state index in [0.717, 1.165) is 31.8 Å². The fourth-order valence-corrected chi connectivity index (χ4v) is 4.27. The van der Waals surface area contributed by atoms with Crippen molar-refractivity contribution in [1.29, 1.82) is 0 Å². The van der Waals surface area contributed by atoms with Gasteiger partial charge in [0.15, 0.2) is 6.61 Å². The maximum Gasteiger partial charge on any atom is 0.272 e. The van der Waals surface area contributed by atoms with Crippen LogP contribution in [0.5, 0.6) is 0 Å². The summed E-state index contributed by atoms with van der Waals surface area (Å²) < 4.78 is 29.6. The van der Waals surface area contributed by atoms with Crippen molar-refractivity contribution in [3.05, 3.63) is 11.0 Å². The molecule has 2 rings (SSSR count). The minimum Gasteiger partial charge on any atom is -0.467 e. The van der Waals surface area contributed by atoms with Gasteiger partial charge in [0.05, 0.1) is 0 Å². The highest BCUT2D eigenvalue weighted by atomic mass is 32.2. The zero-order valence-corrected chi connectivity index (χ0v) is 15.5. The number of ether oxygens (including phenoxy) is 1.